The average Bonchev–Trinajstić information content (AvgIpc) is 2.95. The largest absolute Gasteiger partial charge is 0.455 e. The molecule has 7 heteroatoms. The predicted molar refractivity (Wildman–Crippen MR) is 69.3 cm³/mol. The molecule has 0 atom stereocenters. The van der Waals surface area contributed by atoms with Crippen molar-refractivity contribution in [2.24, 2.45) is 5.73 Å². The monoisotopic (exact) mass is 282 g/mol. The van der Waals surface area contributed by atoms with Gasteiger partial charge in [-0.15, -0.1) is 11.3 Å². The molecule has 0 unspecified atom stereocenters. The molecule has 94 valence electrons. The van der Waals surface area contributed by atoms with Gasteiger partial charge in [-0.3, -0.25) is 9.59 Å². The van der Waals surface area contributed by atoms with E-state index in [0.29, 0.717) is 5.69 Å². The number of thiazole rings is 1. The Morgan fingerprint density at radius 3 is 2.89 bits per heavy atom. The molecule has 0 aliphatic heterocycles. The minimum Gasteiger partial charge on any atom is -0.455 e. The molecule has 0 aliphatic carbocycles. The number of hydrogen-bond donors (Lipinski definition) is 1. The highest BCUT2D eigenvalue weighted by Crippen LogP contribution is 2.25. The van der Waals surface area contributed by atoms with Gasteiger partial charge >= 0.3 is 5.97 Å². The van der Waals surface area contributed by atoms with Crippen LogP contribution in [0.3, 0.4) is 0 Å². The van der Waals surface area contributed by atoms with E-state index < -0.39 is 11.9 Å². The molecule has 0 spiro atoms. The third kappa shape index (κ3) is 3.38. The molecule has 0 aliphatic rings. The number of esters is 1. The number of primary amides is 1. The third-order valence-corrected chi connectivity index (χ3v) is 3.64. The highest BCUT2D eigenvalue weighted by molar-refractivity contribution is 7.14. The molecular formula is C11H10N2O3S2. The minimum absolute atomic E-state index is 0.0495. The lowest BCUT2D eigenvalue weighted by Crippen LogP contribution is -2.21. The first-order valence-corrected chi connectivity index (χ1v) is 6.88. The number of carbonyl (C=O) groups is 2. The number of amides is 1. The molecule has 0 saturated heterocycles. The van der Waals surface area contributed by atoms with Gasteiger partial charge < -0.3 is 10.5 Å². The fraction of sp³-hybridized carbons (Fsp3) is 0.182. The molecule has 5 nitrogen and oxygen atoms in total. The van der Waals surface area contributed by atoms with Gasteiger partial charge in [-0.05, 0) is 11.4 Å². The van der Waals surface area contributed by atoms with Crippen molar-refractivity contribution in [1.29, 1.82) is 0 Å². The van der Waals surface area contributed by atoms with Crippen LogP contribution in [0, 0.1) is 0 Å². The fourth-order valence-corrected chi connectivity index (χ4v) is 2.79. The van der Waals surface area contributed by atoms with Crippen LogP contribution in [0.1, 0.15) is 5.69 Å². The van der Waals surface area contributed by atoms with Crippen molar-refractivity contribution in [3.63, 3.8) is 0 Å². The van der Waals surface area contributed by atoms with Gasteiger partial charge in [0.2, 0.25) is 0 Å². The zero-order valence-corrected chi connectivity index (χ0v) is 10.9. The van der Waals surface area contributed by atoms with E-state index in [4.69, 9.17) is 5.73 Å². The second-order valence-electron chi connectivity index (χ2n) is 3.46. The minimum atomic E-state index is -0.666. The summed E-state index contributed by atoms with van der Waals surface area (Å²) in [6, 6.07) is 1.97. The van der Waals surface area contributed by atoms with Gasteiger partial charge in [-0.2, -0.15) is 11.3 Å². The van der Waals surface area contributed by atoms with Gasteiger partial charge in [-0.25, -0.2) is 4.98 Å². The molecule has 0 saturated carbocycles. The zero-order valence-electron chi connectivity index (χ0n) is 9.29. The summed E-state index contributed by atoms with van der Waals surface area (Å²) in [6.07, 6.45) is 0.0495. The summed E-state index contributed by atoms with van der Waals surface area (Å²) in [5.41, 5.74) is 6.55. The Morgan fingerprint density at radius 2 is 2.22 bits per heavy atom. The van der Waals surface area contributed by atoms with E-state index in [0.717, 1.165) is 10.6 Å². The van der Waals surface area contributed by atoms with Gasteiger partial charge in [0.05, 0.1) is 12.1 Å². The number of hydrogen-bond acceptors (Lipinski definition) is 6. The Kier molecular flexibility index (Phi) is 4.06. The first kappa shape index (κ1) is 12.7. The smallest absolute Gasteiger partial charge is 0.312 e. The molecular weight excluding hydrogens is 272 g/mol. The molecule has 18 heavy (non-hydrogen) atoms. The standard InChI is InChI=1S/C11H10N2O3S2/c12-9(14)4-16-10(15)3-8-6-18-11(13-8)7-1-2-17-5-7/h1-2,5-6H,3-4H2,(H2,12,14). The number of nitrogens with two attached hydrogens (primary N) is 1. The maximum Gasteiger partial charge on any atom is 0.312 e. The Labute approximate surface area is 111 Å². The Bertz CT molecular complexity index is 548. The van der Waals surface area contributed by atoms with E-state index in [9.17, 15) is 9.59 Å². The number of nitrogens with zero attached hydrogens (tertiary/aromatic N) is 1. The highest BCUT2D eigenvalue weighted by Gasteiger charge is 2.11. The summed E-state index contributed by atoms with van der Waals surface area (Å²) in [6.45, 7) is -0.389. The van der Waals surface area contributed by atoms with Gasteiger partial charge in [0.25, 0.3) is 5.91 Å². The molecule has 0 aromatic carbocycles. The molecule has 0 bridgehead atoms. The second kappa shape index (κ2) is 5.74. The molecule has 2 N–H and O–H groups in total. The first-order chi connectivity index (χ1) is 8.65. The highest BCUT2D eigenvalue weighted by atomic mass is 32.1. The average molecular weight is 282 g/mol. The van der Waals surface area contributed by atoms with E-state index in [1.807, 2.05) is 16.8 Å². The van der Waals surface area contributed by atoms with Crippen LogP contribution < -0.4 is 5.73 Å². The summed E-state index contributed by atoms with van der Waals surface area (Å²) >= 11 is 3.06. The van der Waals surface area contributed by atoms with Crippen molar-refractivity contribution < 1.29 is 14.3 Å². The zero-order chi connectivity index (χ0) is 13.0. The van der Waals surface area contributed by atoms with E-state index in [-0.39, 0.29) is 13.0 Å². The van der Waals surface area contributed by atoms with Crippen molar-refractivity contribution in [2.75, 3.05) is 6.61 Å². The number of ether oxygens (including phenoxy) is 1. The molecule has 2 aromatic rings. The van der Waals surface area contributed by atoms with Crippen molar-refractivity contribution in [1.82, 2.24) is 4.98 Å². The van der Waals surface area contributed by atoms with Crippen molar-refractivity contribution in [2.45, 2.75) is 6.42 Å². The quantitative estimate of drug-likeness (QED) is 0.841. The van der Waals surface area contributed by atoms with Crippen molar-refractivity contribution in [3.05, 3.63) is 27.9 Å². The Balaban J connectivity index is 1.95. The van der Waals surface area contributed by atoms with Gasteiger partial charge in [-0.1, -0.05) is 0 Å². The Hall–Kier alpha value is -1.73. The third-order valence-electron chi connectivity index (χ3n) is 2.02. The molecule has 2 heterocycles. The van der Waals surface area contributed by atoms with Gasteiger partial charge in [0, 0.05) is 16.3 Å². The van der Waals surface area contributed by atoms with Crippen LogP contribution in [0.2, 0.25) is 0 Å². The number of aromatic nitrogens is 1. The van der Waals surface area contributed by atoms with E-state index in [1.54, 1.807) is 16.7 Å². The summed E-state index contributed by atoms with van der Waals surface area (Å²) < 4.78 is 4.66. The predicted octanol–water partition coefficient (Wildman–Crippen LogP) is 1.44. The van der Waals surface area contributed by atoms with Crippen LogP contribution in [0.25, 0.3) is 10.6 Å². The van der Waals surface area contributed by atoms with Crippen molar-refractivity contribution in [3.8, 4) is 10.6 Å². The lowest BCUT2D eigenvalue weighted by atomic mass is 10.3. The van der Waals surface area contributed by atoms with Crippen LogP contribution in [-0.4, -0.2) is 23.5 Å². The second-order valence-corrected chi connectivity index (χ2v) is 5.10. The first-order valence-electron chi connectivity index (χ1n) is 5.06. The van der Waals surface area contributed by atoms with Gasteiger partial charge in [0.1, 0.15) is 5.01 Å². The maximum absolute atomic E-state index is 11.3. The van der Waals surface area contributed by atoms with E-state index in [2.05, 4.69) is 9.72 Å². The normalized spacial score (nSPS) is 10.2. The molecule has 2 rings (SSSR count). The summed E-state index contributed by atoms with van der Waals surface area (Å²) in [5.74, 6) is -1.17. The SMILES string of the molecule is NC(=O)COC(=O)Cc1csc(-c2ccsc2)n1. The number of thiophene rings is 1. The van der Waals surface area contributed by atoms with Crippen molar-refractivity contribution >= 4 is 34.6 Å². The Morgan fingerprint density at radius 1 is 1.39 bits per heavy atom. The van der Waals surface area contributed by atoms with E-state index in [1.165, 1.54) is 11.3 Å². The summed E-state index contributed by atoms with van der Waals surface area (Å²) in [5, 5.41) is 6.64. The van der Waals surface area contributed by atoms with Crippen LogP contribution in [0.5, 0.6) is 0 Å². The lowest BCUT2D eigenvalue weighted by molar-refractivity contribution is -0.147. The molecule has 1 amide bonds. The van der Waals surface area contributed by atoms with Crippen LogP contribution >= 0.6 is 22.7 Å². The van der Waals surface area contributed by atoms with Crippen LogP contribution in [0.4, 0.5) is 0 Å². The summed E-state index contributed by atoms with van der Waals surface area (Å²) in [4.78, 5) is 26.1. The number of carbonyl (C=O) groups excluding carboxylic acids is 2. The molecule has 0 fully saturated rings. The lowest BCUT2D eigenvalue weighted by Gasteiger charge is -1.99. The molecule has 2 aromatic heterocycles. The number of rotatable bonds is 5. The topological polar surface area (TPSA) is 82.3 Å². The van der Waals surface area contributed by atoms with E-state index >= 15 is 0 Å². The van der Waals surface area contributed by atoms with Gasteiger partial charge in [0.15, 0.2) is 6.61 Å². The van der Waals surface area contributed by atoms with Crippen LogP contribution in [0.15, 0.2) is 22.2 Å². The molecule has 0 radical (unpaired) electrons. The maximum atomic E-state index is 11.3. The van der Waals surface area contributed by atoms with Crippen LogP contribution in [-0.2, 0) is 20.7 Å². The summed E-state index contributed by atoms with van der Waals surface area (Å²) in [7, 11) is 0. The fourth-order valence-electron chi connectivity index (χ4n) is 1.26.